The molecule has 4 atom stereocenters. The van der Waals surface area contributed by atoms with Crippen molar-refractivity contribution in [2.24, 2.45) is 5.41 Å². The van der Waals surface area contributed by atoms with Gasteiger partial charge in [0.05, 0.1) is 18.3 Å². The van der Waals surface area contributed by atoms with E-state index < -0.39 is 0 Å². The third kappa shape index (κ3) is 21.2. The van der Waals surface area contributed by atoms with E-state index in [0.29, 0.717) is 0 Å². The van der Waals surface area contributed by atoms with Crippen molar-refractivity contribution >= 4 is 246 Å². The molecule has 0 saturated carbocycles. The molecule has 0 aromatic rings. The predicted octanol–water partition coefficient (Wildman–Crippen LogP) is 11.0. The second kappa shape index (κ2) is 30.6. The number of hydrogen-bond acceptors (Lipinski definition) is 20. The average molecular weight is 938 g/mol. The van der Waals surface area contributed by atoms with E-state index >= 15 is 0 Å². The van der Waals surface area contributed by atoms with Crippen LogP contribution in [0.4, 0.5) is 0 Å². The molecule has 41 heavy (non-hydrogen) atoms. The first kappa shape index (κ1) is 48.0. The summed E-state index contributed by atoms with van der Waals surface area (Å²) < 4.78 is 1.12. The van der Waals surface area contributed by atoms with Gasteiger partial charge in [-0.3, -0.25) is 0 Å². The van der Waals surface area contributed by atoms with E-state index in [1.165, 1.54) is 0 Å². The molecule has 0 heterocycles. The summed E-state index contributed by atoms with van der Waals surface area (Å²) in [5, 5.41) is 6.50. The number of hydrogen-bond donors (Lipinski definition) is 12. The lowest BCUT2D eigenvalue weighted by molar-refractivity contribution is 0.201. The SMILES string of the molecule is SCSC(SCS)C(S)CC(CC(S)C(SCS)SCS)(CC(S)C(SCS)SCS)CC(S)C(SCS)SCS. The maximum absolute atomic E-state index is 5.27. The highest BCUT2D eigenvalue weighted by molar-refractivity contribution is 8.25. The van der Waals surface area contributed by atoms with Crippen LogP contribution in [0.1, 0.15) is 25.7 Å². The third-order valence-corrected chi connectivity index (χ3v) is 22.6. The fraction of sp³-hybridized carbons (Fsp3) is 1.00. The van der Waals surface area contributed by atoms with Gasteiger partial charge in [0.1, 0.15) is 0 Å². The van der Waals surface area contributed by atoms with Gasteiger partial charge in [-0.05, 0) is 31.1 Å². The Kier molecular flexibility index (Phi) is 35.8. The summed E-state index contributed by atoms with van der Waals surface area (Å²) in [6.45, 7) is 0. The number of thiol groups is 12. The summed E-state index contributed by atoms with van der Waals surface area (Å²) in [6.07, 6.45) is 3.69. The molecule has 0 aliphatic rings. The van der Waals surface area contributed by atoms with Gasteiger partial charge < -0.3 is 0 Å². The third-order valence-electron chi connectivity index (χ3n) is 5.74. The summed E-state index contributed by atoms with van der Waals surface area (Å²) in [6, 6.07) is 0. The molecule has 0 N–H and O–H groups in total. The van der Waals surface area contributed by atoms with Crippen molar-refractivity contribution in [1.29, 1.82) is 0 Å². The largest absolute Gasteiger partial charge is 0.174 e. The molecule has 0 fully saturated rings. The minimum atomic E-state index is -0.115. The van der Waals surface area contributed by atoms with E-state index in [1.54, 1.807) is 0 Å². The summed E-state index contributed by atoms with van der Waals surface area (Å²) in [4.78, 5) is 0. The normalized spacial score (nSPS) is 17.0. The Morgan fingerprint density at radius 3 is 0.585 bits per heavy atom. The van der Waals surface area contributed by atoms with Crippen LogP contribution in [0.2, 0.25) is 0 Å². The zero-order valence-electron chi connectivity index (χ0n) is 22.2. The standard InChI is InChI=1S/C21H44S20/c22-5-34-17(35-6-23)13(30)1-21(2-14(31)18(36-7-24)37-8-25,3-15(32)19(38-9-26)39-10-27)4-16(33)20(40-11-28)41-12-29/h13-20,22-33H,1-12H2. The highest BCUT2D eigenvalue weighted by Gasteiger charge is 2.43. The van der Waals surface area contributed by atoms with Crippen molar-refractivity contribution in [2.45, 2.75) is 65.0 Å². The predicted molar refractivity (Wildman–Crippen MR) is 259 cm³/mol. The van der Waals surface area contributed by atoms with E-state index in [4.69, 9.17) is 50.5 Å². The summed E-state index contributed by atoms with van der Waals surface area (Å²) in [7, 11) is 0. The van der Waals surface area contributed by atoms with Gasteiger partial charge in [0.25, 0.3) is 0 Å². The first-order chi connectivity index (χ1) is 19.6. The van der Waals surface area contributed by atoms with Crippen LogP contribution >= 0.6 is 246 Å². The smallest absolute Gasteiger partial charge is 0.0635 e. The molecule has 0 radical (unpaired) electrons. The Balaban J connectivity index is 6.76. The fourth-order valence-electron chi connectivity index (χ4n) is 4.33. The molecular weight excluding hydrogens is 894 g/mol. The molecule has 248 valence electrons. The van der Waals surface area contributed by atoms with E-state index in [9.17, 15) is 0 Å². The van der Waals surface area contributed by atoms with Crippen LogP contribution in [0.5, 0.6) is 0 Å². The summed E-state index contributed by atoms with van der Waals surface area (Å²) in [5.74, 6) is 0. The topological polar surface area (TPSA) is 0 Å². The molecule has 0 aliphatic heterocycles. The van der Waals surface area contributed by atoms with Crippen molar-refractivity contribution in [3.05, 3.63) is 0 Å². The Bertz CT molecular complexity index is 478. The van der Waals surface area contributed by atoms with Gasteiger partial charge in [-0.1, -0.05) is 0 Å². The van der Waals surface area contributed by atoms with Crippen molar-refractivity contribution in [1.82, 2.24) is 0 Å². The second-order valence-corrected chi connectivity index (χ2v) is 27.3. The molecule has 4 unspecified atom stereocenters. The van der Waals surface area contributed by atoms with E-state index in [-0.39, 0.29) is 44.7 Å². The lowest BCUT2D eigenvalue weighted by atomic mass is 9.72. The highest BCUT2D eigenvalue weighted by Crippen LogP contribution is 2.51. The van der Waals surface area contributed by atoms with Gasteiger partial charge >= 0.3 is 0 Å². The van der Waals surface area contributed by atoms with Gasteiger partial charge in [0.15, 0.2) is 0 Å². The molecule has 0 bridgehead atoms. The molecule has 20 heteroatoms. The quantitative estimate of drug-likeness (QED) is 0.0274. The molecule has 0 saturated heterocycles. The maximum atomic E-state index is 5.27. The molecular formula is C21H44S20. The Morgan fingerprint density at radius 1 is 0.317 bits per heavy atom. The minimum Gasteiger partial charge on any atom is -0.174 e. The van der Waals surface area contributed by atoms with Gasteiger partial charge in [0, 0.05) is 61.7 Å². The summed E-state index contributed by atoms with van der Waals surface area (Å²) >= 11 is 72.1. The van der Waals surface area contributed by atoms with Crippen LogP contribution in [0.15, 0.2) is 0 Å². The average Bonchev–Trinajstić information content (AvgIpc) is 2.92. The Morgan fingerprint density at radius 2 is 0.463 bits per heavy atom. The van der Waals surface area contributed by atoms with Crippen LogP contribution in [-0.4, -0.2) is 80.0 Å². The van der Waals surface area contributed by atoms with E-state index in [1.807, 2.05) is 94.1 Å². The van der Waals surface area contributed by atoms with Crippen molar-refractivity contribution in [3.8, 4) is 0 Å². The Labute approximate surface area is 351 Å². The molecule has 0 spiro atoms. The lowest BCUT2D eigenvalue weighted by Gasteiger charge is -2.44. The monoisotopic (exact) mass is 936 g/mol. The number of thioether (sulfide) groups is 8. The van der Waals surface area contributed by atoms with Crippen LogP contribution in [0.25, 0.3) is 0 Å². The van der Waals surface area contributed by atoms with E-state index in [2.05, 4.69) is 101 Å². The second-order valence-electron chi connectivity index (χ2n) is 8.43. The molecule has 0 rings (SSSR count). The lowest BCUT2D eigenvalue weighted by Crippen LogP contribution is -2.40. The van der Waals surface area contributed by atoms with Crippen LogP contribution in [0, 0.1) is 5.41 Å². The molecule has 0 aromatic heterocycles. The number of rotatable bonds is 28. The van der Waals surface area contributed by atoms with Gasteiger partial charge in [-0.15, -0.1) is 94.1 Å². The van der Waals surface area contributed by atoms with Crippen molar-refractivity contribution < 1.29 is 0 Å². The van der Waals surface area contributed by atoms with Gasteiger partial charge in [0.2, 0.25) is 0 Å². The molecule has 0 amide bonds. The van der Waals surface area contributed by atoms with Crippen molar-refractivity contribution in [2.75, 3.05) is 40.7 Å². The van der Waals surface area contributed by atoms with E-state index in [0.717, 1.165) is 66.4 Å². The fourth-order valence-corrected chi connectivity index (χ4v) is 21.1. The Hall–Kier alpha value is 7.00. The zero-order chi connectivity index (χ0) is 31.3. The summed E-state index contributed by atoms with van der Waals surface area (Å²) in [5.41, 5.74) is -0.115. The minimum absolute atomic E-state index is 0.115. The van der Waals surface area contributed by atoms with Crippen molar-refractivity contribution in [3.63, 3.8) is 0 Å². The maximum Gasteiger partial charge on any atom is 0.0635 e. The first-order valence-electron chi connectivity index (χ1n) is 12.1. The highest BCUT2D eigenvalue weighted by atomic mass is 32.3. The first-order valence-corrected chi connectivity index (χ1v) is 27.7. The molecule has 0 aliphatic carbocycles. The van der Waals surface area contributed by atoms with Gasteiger partial charge in [-0.2, -0.15) is 152 Å². The van der Waals surface area contributed by atoms with Crippen LogP contribution in [0.3, 0.4) is 0 Å². The van der Waals surface area contributed by atoms with Crippen LogP contribution in [-0.2, 0) is 0 Å². The molecule has 0 nitrogen and oxygen atoms in total. The van der Waals surface area contributed by atoms with Gasteiger partial charge in [-0.25, -0.2) is 0 Å². The van der Waals surface area contributed by atoms with Crippen LogP contribution < -0.4 is 0 Å². The zero-order valence-corrected chi connectivity index (χ0v) is 39.5. The molecule has 0 aromatic carbocycles.